The average molecular weight is 413 g/mol. The normalized spacial score (nSPS) is 15.0. The van der Waals surface area contributed by atoms with Crippen molar-refractivity contribution < 1.29 is 4.79 Å². The van der Waals surface area contributed by atoms with E-state index < -0.39 is 0 Å². The maximum Gasteiger partial charge on any atom is 0.271 e. The molecule has 2 heterocycles. The van der Waals surface area contributed by atoms with Gasteiger partial charge in [-0.05, 0) is 81.3 Å². The molecule has 4 rings (SSSR count). The number of hydrogen-bond acceptors (Lipinski definition) is 3. The summed E-state index contributed by atoms with van der Waals surface area (Å²) in [5, 5.41) is 4.19. The molecule has 0 saturated carbocycles. The van der Waals surface area contributed by atoms with E-state index in [-0.39, 0.29) is 11.4 Å². The minimum absolute atomic E-state index is 0.00932. The van der Waals surface area contributed by atoms with Gasteiger partial charge in [-0.25, -0.2) is 5.43 Å². The Labute approximate surface area is 183 Å². The third-order valence-electron chi connectivity index (χ3n) is 5.71. The number of rotatable bonds is 5. The first-order chi connectivity index (χ1) is 14.9. The van der Waals surface area contributed by atoms with Crippen molar-refractivity contribution in [3.05, 3.63) is 89.8 Å². The summed E-state index contributed by atoms with van der Waals surface area (Å²) in [6.07, 6.45) is 7.89. The van der Waals surface area contributed by atoms with E-state index in [0.717, 1.165) is 17.8 Å². The number of benzene rings is 2. The van der Waals surface area contributed by atoms with Crippen LogP contribution in [-0.4, -0.2) is 28.8 Å². The van der Waals surface area contributed by atoms with Crippen LogP contribution in [0.15, 0.2) is 78.2 Å². The Balaban J connectivity index is 1.50. The van der Waals surface area contributed by atoms with Crippen LogP contribution in [0, 0.1) is 0 Å². The zero-order chi connectivity index (χ0) is 22.0. The standard InChI is InChI=1S/C26H28N4O/c1-5-30-24-12-11-20(15-23(24)19(2)17-26(30,3)4)18-27-28-25(31)21-9-8-10-22(16-21)29-13-6-7-14-29/h6-18H,5H2,1-4H3,(H,28,31)/b27-18+. The molecule has 1 aromatic heterocycles. The number of hydrogen-bond donors (Lipinski definition) is 1. The van der Waals surface area contributed by atoms with Gasteiger partial charge in [0.15, 0.2) is 0 Å². The number of anilines is 1. The summed E-state index contributed by atoms with van der Waals surface area (Å²) >= 11 is 0. The van der Waals surface area contributed by atoms with E-state index in [9.17, 15) is 4.79 Å². The monoisotopic (exact) mass is 412 g/mol. The zero-order valence-electron chi connectivity index (χ0n) is 18.5. The largest absolute Gasteiger partial charge is 0.363 e. The van der Waals surface area contributed by atoms with Crippen LogP contribution in [0.4, 0.5) is 5.69 Å². The Morgan fingerprint density at radius 2 is 1.87 bits per heavy atom. The van der Waals surface area contributed by atoms with Crippen molar-refractivity contribution >= 4 is 23.4 Å². The lowest BCUT2D eigenvalue weighted by molar-refractivity contribution is 0.0955. The van der Waals surface area contributed by atoms with Gasteiger partial charge >= 0.3 is 0 Å². The summed E-state index contributed by atoms with van der Waals surface area (Å²) in [6, 6.07) is 17.7. The minimum atomic E-state index is -0.238. The summed E-state index contributed by atoms with van der Waals surface area (Å²) < 4.78 is 1.96. The van der Waals surface area contributed by atoms with Gasteiger partial charge in [-0.1, -0.05) is 18.2 Å². The van der Waals surface area contributed by atoms with Gasteiger partial charge in [0.2, 0.25) is 0 Å². The van der Waals surface area contributed by atoms with E-state index in [1.165, 1.54) is 16.8 Å². The number of fused-ring (bicyclic) bond motifs is 1. The second-order valence-electron chi connectivity index (χ2n) is 8.34. The van der Waals surface area contributed by atoms with Gasteiger partial charge in [0.25, 0.3) is 5.91 Å². The molecule has 0 radical (unpaired) electrons. The highest BCUT2D eigenvalue weighted by Crippen LogP contribution is 2.38. The van der Waals surface area contributed by atoms with Crippen molar-refractivity contribution in [1.82, 2.24) is 9.99 Å². The molecule has 0 aliphatic carbocycles. The minimum Gasteiger partial charge on any atom is -0.363 e. The molecule has 5 heteroatoms. The SMILES string of the molecule is CCN1c2ccc(/C=N/NC(=O)c3cccc(-n4cccc4)c3)cc2C(C)=CC1(C)C. The van der Waals surface area contributed by atoms with Crippen LogP contribution in [0.3, 0.4) is 0 Å². The van der Waals surface area contributed by atoms with Gasteiger partial charge in [-0.15, -0.1) is 0 Å². The first-order valence-corrected chi connectivity index (χ1v) is 10.6. The first kappa shape index (κ1) is 20.7. The summed E-state index contributed by atoms with van der Waals surface area (Å²) in [5.74, 6) is -0.238. The van der Waals surface area contributed by atoms with E-state index in [4.69, 9.17) is 0 Å². The molecule has 5 nitrogen and oxygen atoms in total. The quantitative estimate of drug-likeness (QED) is 0.459. The summed E-state index contributed by atoms with van der Waals surface area (Å²) in [6.45, 7) is 9.73. The van der Waals surface area contributed by atoms with E-state index in [1.54, 1.807) is 12.3 Å². The van der Waals surface area contributed by atoms with Crippen molar-refractivity contribution in [3.63, 3.8) is 0 Å². The number of nitrogens with one attached hydrogen (secondary N) is 1. The predicted octanol–water partition coefficient (Wildman–Crippen LogP) is 5.26. The Morgan fingerprint density at radius 3 is 2.61 bits per heavy atom. The summed E-state index contributed by atoms with van der Waals surface area (Å²) in [4.78, 5) is 14.9. The maximum absolute atomic E-state index is 12.5. The predicted molar refractivity (Wildman–Crippen MR) is 128 cm³/mol. The van der Waals surface area contributed by atoms with Gasteiger partial charge < -0.3 is 9.47 Å². The third-order valence-corrected chi connectivity index (χ3v) is 5.71. The van der Waals surface area contributed by atoms with E-state index >= 15 is 0 Å². The van der Waals surface area contributed by atoms with Crippen LogP contribution in [0.2, 0.25) is 0 Å². The molecule has 31 heavy (non-hydrogen) atoms. The first-order valence-electron chi connectivity index (χ1n) is 10.6. The lowest BCUT2D eigenvalue weighted by Crippen LogP contribution is -2.44. The fourth-order valence-corrected chi connectivity index (χ4v) is 4.30. The van der Waals surface area contributed by atoms with Crippen molar-refractivity contribution in [2.24, 2.45) is 5.10 Å². The lowest BCUT2D eigenvalue weighted by Gasteiger charge is -2.42. The van der Waals surface area contributed by atoms with Crippen LogP contribution in [0.25, 0.3) is 11.3 Å². The lowest BCUT2D eigenvalue weighted by atomic mass is 9.88. The molecule has 0 saturated heterocycles. The molecule has 1 N–H and O–H groups in total. The molecule has 1 aliphatic rings. The number of allylic oxidation sites excluding steroid dienone is 1. The van der Waals surface area contributed by atoms with E-state index in [2.05, 4.69) is 61.3 Å². The van der Waals surface area contributed by atoms with Crippen LogP contribution in [0.1, 0.15) is 49.2 Å². The smallest absolute Gasteiger partial charge is 0.271 e. The molecule has 0 atom stereocenters. The Morgan fingerprint density at radius 1 is 1.10 bits per heavy atom. The fourth-order valence-electron chi connectivity index (χ4n) is 4.30. The van der Waals surface area contributed by atoms with Gasteiger partial charge in [0.05, 0.1) is 11.8 Å². The molecule has 0 spiro atoms. The molecular formula is C26H28N4O. The molecule has 158 valence electrons. The van der Waals surface area contributed by atoms with Gasteiger partial charge in [0.1, 0.15) is 0 Å². The number of carbonyl (C=O) groups excluding carboxylic acids is 1. The third kappa shape index (κ3) is 4.17. The van der Waals surface area contributed by atoms with Gasteiger partial charge in [0, 0.05) is 41.4 Å². The molecule has 3 aromatic rings. The van der Waals surface area contributed by atoms with Crippen LogP contribution < -0.4 is 10.3 Å². The highest BCUT2D eigenvalue weighted by molar-refractivity contribution is 5.95. The molecular weight excluding hydrogens is 384 g/mol. The molecule has 1 amide bonds. The summed E-state index contributed by atoms with van der Waals surface area (Å²) in [5.41, 5.74) is 8.77. The van der Waals surface area contributed by atoms with Crippen molar-refractivity contribution in [2.45, 2.75) is 33.2 Å². The van der Waals surface area contributed by atoms with Crippen molar-refractivity contribution in [3.8, 4) is 5.69 Å². The molecule has 0 fully saturated rings. The van der Waals surface area contributed by atoms with E-state index in [1.807, 2.05) is 53.4 Å². The number of likely N-dealkylation sites (N-methyl/N-ethyl adjacent to an activating group) is 1. The van der Waals surface area contributed by atoms with Crippen LogP contribution >= 0.6 is 0 Å². The average Bonchev–Trinajstić information content (AvgIpc) is 3.29. The van der Waals surface area contributed by atoms with Crippen molar-refractivity contribution in [1.29, 1.82) is 0 Å². The number of hydrazone groups is 1. The van der Waals surface area contributed by atoms with Gasteiger partial charge in [-0.3, -0.25) is 4.79 Å². The molecule has 1 aliphatic heterocycles. The second kappa shape index (κ2) is 8.26. The van der Waals surface area contributed by atoms with Crippen molar-refractivity contribution in [2.75, 3.05) is 11.4 Å². The maximum atomic E-state index is 12.5. The highest BCUT2D eigenvalue weighted by Gasteiger charge is 2.29. The Kier molecular flexibility index (Phi) is 5.51. The topological polar surface area (TPSA) is 49.6 Å². The Hall–Kier alpha value is -3.60. The molecule has 0 bridgehead atoms. The molecule has 0 unspecified atom stereocenters. The molecule has 2 aromatic carbocycles. The number of aromatic nitrogens is 1. The number of amides is 1. The number of carbonyl (C=O) groups is 1. The van der Waals surface area contributed by atoms with E-state index in [0.29, 0.717) is 5.56 Å². The van der Waals surface area contributed by atoms with Crippen LogP contribution in [-0.2, 0) is 0 Å². The second-order valence-corrected chi connectivity index (χ2v) is 8.34. The highest BCUT2D eigenvalue weighted by atomic mass is 16.2. The zero-order valence-corrected chi connectivity index (χ0v) is 18.5. The van der Waals surface area contributed by atoms with Gasteiger partial charge in [-0.2, -0.15) is 5.10 Å². The fraction of sp³-hybridized carbons (Fsp3) is 0.231. The Bertz CT molecular complexity index is 1160. The number of nitrogens with zero attached hydrogens (tertiary/aromatic N) is 3. The summed E-state index contributed by atoms with van der Waals surface area (Å²) in [7, 11) is 0. The van der Waals surface area contributed by atoms with Crippen LogP contribution in [0.5, 0.6) is 0 Å².